The van der Waals surface area contributed by atoms with E-state index in [-0.39, 0.29) is 42.1 Å². The standard InChI is InChI=1S/C11H12O3.Na/c12-7-9-6-11(9,10(13)14)8-4-2-1-3-5-8;/h1-5,9,12H,6-7H2,(H,13,14);/q;+1/p-1/t9-,11+;/m0./s1. The molecule has 2 atom stereocenters. The number of aliphatic hydroxyl groups excluding tert-OH is 1. The van der Waals surface area contributed by atoms with Crippen molar-refractivity contribution in [1.82, 2.24) is 0 Å². The molecular formula is C11H11NaO3. The van der Waals surface area contributed by atoms with Gasteiger partial charge in [0.15, 0.2) is 0 Å². The first-order valence-corrected chi connectivity index (χ1v) is 4.59. The molecule has 0 aromatic heterocycles. The molecule has 1 N–H and O–H groups in total. The maximum Gasteiger partial charge on any atom is 1.00 e. The Labute approximate surface area is 110 Å². The third-order valence-corrected chi connectivity index (χ3v) is 2.98. The SMILES string of the molecule is O=C([O-])[C@@]1(c2ccccc2)C[C@H]1CO.[Na+]. The van der Waals surface area contributed by atoms with E-state index in [9.17, 15) is 9.90 Å². The molecule has 3 nitrogen and oxygen atoms in total. The molecule has 1 aliphatic rings. The monoisotopic (exact) mass is 214 g/mol. The molecule has 4 heteroatoms. The molecule has 0 saturated heterocycles. The van der Waals surface area contributed by atoms with E-state index in [2.05, 4.69) is 0 Å². The summed E-state index contributed by atoms with van der Waals surface area (Å²) in [5.74, 6) is -1.27. The summed E-state index contributed by atoms with van der Waals surface area (Å²) >= 11 is 0. The van der Waals surface area contributed by atoms with Gasteiger partial charge in [-0.05, 0) is 17.9 Å². The summed E-state index contributed by atoms with van der Waals surface area (Å²) < 4.78 is 0. The number of aliphatic carboxylic acids is 1. The second kappa shape index (κ2) is 4.66. The summed E-state index contributed by atoms with van der Waals surface area (Å²) in [5.41, 5.74) is -0.199. The fraction of sp³-hybridized carbons (Fsp3) is 0.364. The Morgan fingerprint density at radius 3 is 2.47 bits per heavy atom. The van der Waals surface area contributed by atoms with Gasteiger partial charge >= 0.3 is 29.6 Å². The predicted molar refractivity (Wildman–Crippen MR) is 48.3 cm³/mol. The second-order valence-corrected chi connectivity index (χ2v) is 3.71. The van der Waals surface area contributed by atoms with E-state index in [4.69, 9.17) is 5.11 Å². The minimum absolute atomic E-state index is 0. The zero-order chi connectivity index (χ0) is 10.2. The van der Waals surface area contributed by atoms with E-state index in [0.29, 0.717) is 6.42 Å². The number of aliphatic hydroxyl groups is 1. The van der Waals surface area contributed by atoms with Crippen molar-refractivity contribution in [3.05, 3.63) is 35.9 Å². The number of carbonyl (C=O) groups excluding carboxylic acids is 1. The van der Waals surface area contributed by atoms with Crippen LogP contribution in [0.4, 0.5) is 0 Å². The number of benzene rings is 1. The van der Waals surface area contributed by atoms with Gasteiger partial charge in [-0.2, -0.15) is 0 Å². The molecule has 74 valence electrons. The zero-order valence-electron chi connectivity index (χ0n) is 8.64. The molecule has 0 bridgehead atoms. The summed E-state index contributed by atoms with van der Waals surface area (Å²) in [6, 6.07) is 8.97. The van der Waals surface area contributed by atoms with E-state index in [1.807, 2.05) is 6.07 Å². The molecule has 0 radical (unpaired) electrons. The van der Waals surface area contributed by atoms with Crippen molar-refractivity contribution in [2.45, 2.75) is 11.8 Å². The summed E-state index contributed by atoms with van der Waals surface area (Å²) in [6.07, 6.45) is 0.482. The Balaban J connectivity index is 0.00000112. The maximum atomic E-state index is 11.0. The van der Waals surface area contributed by atoms with Crippen LogP contribution in [0, 0.1) is 5.92 Å². The molecule has 0 amide bonds. The average Bonchev–Trinajstić information content (AvgIpc) is 2.94. The van der Waals surface area contributed by atoms with Crippen molar-refractivity contribution < 1.29 is 44.6 Å². The van der Waals surface area contributed by atoms with E-state index >= 15 is 0 Å². The molecule has 1 aromatic carbocycles. The number of hydrogen-bond donors (Lipinski definition) is 1. The van der Waals surface area contributed by atoms with Gasteiger partial charge < -0.3 is 15.0 Å². The molecule has 1 aliphatic carbocycles. The van der Waals surface area contributed by atoms with Crippen LogP contribution in [0.3, 0.4) is 0 Å². The van der Waals surface area contributed by atoms with Crippen molar-refractivity contribution in [3.63, 3.8) is 0 Å². The van der Waals surface area contributed by atoms with Gasteiger partial charge in [-0.25, -0.2) is 0 Å². The quantitative estimate of drug-likeness (QED) is 0.536. The first-order chi connectivity index (χ1) is 6.71. The second-order valence-electron chi connectivity index (χ2n) is 3.71. The maximum absolute atomic E-state index is 11.0. The van der Waals surface area contributed by atoms with Crippen molar-refractivity contribution in [2.75, 3.05) is 6.61 Å². The van der Waals surface area contributed by atoms with Gasteiger partial charge in [-0.1, -0.05) is 30.3 Å². The van der Waals surface area contributed by atoms with Gasteiger partial charge in [0.05, 0.1) is 5.97 Å². The molecule has 2 rings (SSSR count). The molecule has 15 heavy (non-hydrogen) atoms. The van der Waals surface area contributed by atoms with Crippen molar-refractivity contribution >= 4 is 5.97 Å². The Kier molecular flexibility index (Phi) is 3.95. The molecule has 1 aromatic rings. The van der Waals surface area contributed by atoms with Crippen LogP contribution in [-0.2, 0) is 10.2 Å². The first-order valence-electron chi connectivity index (χ1n) is 4.59. The van der Waals surface area contributed by atoms with Gasteiger partial charge in [0.25, 0.3) is 0 Å². The third-order valence-electron chi connectivity index (χ3n) is 2.98. The summed E-state index contributed by atoms with van der Waals surface area (Å²) in [7, 11) is 0. The zero-order valence-corrected chi connectivity index (χ0v) is 10.6. The van der Waals surface area contributed by atoms with Crippen molar-refractivity contribution in [3.8, 4) is 0 Å². The average molecular weight is 214 g/mol. The van der Waals surface area contributed by atoms with Crippen LogP contribution in [0.1, 0.15) is 12.0 Å². The largest absolute Gasteiger partial charge is 1.00 e. The number of carboxylic acids is 1. The van der Waals surface area contributed by atoms with Crippen LogP contribution >= 0.6 is 0 Å². The van der Waals surface area contributed by atoms with Crippen LogP contribution in [0.15, 0.2) is 30.3 Å². The number of rotatable bonds is 3. The number of hydrogen-bond acceptors (Lipinski definition) is 3. The number of carboxylic acid groups (broad SMARTS) is 1. The first kappa shape index (κ1) is 12.7. The Morgan fingerprint density at radius 2 is 2.07 bits per heavy atom. The molecule has 0 heterocycles. The molecule has 0 unspecified atom stereocenters. The fourth-order valence-electron chi connectivity index (χ4n) is 2.01. The van der Waals surface area contributed by atoms with E-state index in [1.54, 1.807) is 24.3 Å². The van der Waals surface area contributed by atoms with E-state index < -0.39 is 11.4 Å². The summed E-state index contributed by atoms with van der Waals surface area (Å²) in [4.78, 5) is 11.0. The third kappa shape index (κ3) is 1.97. The van der Waals surface area contributed by atoms with Crippen LogP contribution in [0.25, 0.3) is 0 Å². The normalized spacial score (nSPS) is 27.9. The van der Waals surface area contributed by atoms with Crippen LogP contribution in [-0.4, -0.2) is 17.7 Å². The molecule has 0 spiro atoms. The minimum atomic E-state index is -1.08. The fourth-order valence-corrected chi connectivity index (χ4v) is 2.01. The van der Waals surface area contributed by atoms with Crippen LogP contribution < -0.4 is 34.7 Å². The molecule has 1 fully saturated rings. The number of carbonyl (C=O) groups is 1. The summed E-state index contributed by atoms with van der Waals surface area (Å²) in [5, 5.41) is 20.0. The smallest absolute Gasteiger partial charge is 0.549 e. The van der Waals surface area contributed by atoms with Gasteiger partial charge in [-0.15, -0.1) is 0 Å². The van der Waals surface area contributed by atoms with Crippen LogP contribution in [0.5, 0.6) is 0 Å². The predicted octanol–water partition coefficient (Wildman–Crippen LogP) is -3.31. The van der Waals surface area contributed by atoms with Gasteiger partial charge in [-0.3, -0.25) is 0 Å². The Morgan fingerprint density at radius 1 is 1.47 bits per heavy atom. The van der Waals surface area contributed by atoms with Gasteiger partial charge in [0.1, 0.15) is 0 Å². The van der Waals surface area contributed by atoms with Gasteiger partial charge in [0.2, 0.25) is 0 Å². The van der Waals surface area contributed by atoms with Crippen molar-refractivity contribution in [2.24, 2.45) is 5.92 Å². The Hall–Kier alpha value is -0.350. The van der Waals surface area contributed by atoms with E-state index in [0.717, 1.165) is 5.56 Å². The topological polar surface area (TPSA) is 60.4 Å². The van der Waals surface area contributed by atoms with Crippen LogP contribution in [0.2, 0.25) is 0 Å². The molecule has 0 aliphatic heterocycles. The van der Waals surface area contributed by atoms with Crippen molar-refractivity contribution in [1.29, 1.82) is 0 Å². The molecule has 1 saturated carbocycles. The Bertz CT molecular complexity index is 352. The minimum Gasteiger partial charge on any atom is -0.549 e. The van der Waals surface area contributed by atoms with Gasteiger partial charge in [0, 0.05) is 12.0 Å². The van der Waals surface area contributed by atoms with E-state index in [1.165, 1.54) is 0 Å². The summed E-state index contributed by atoms with van der Waals surface area (Å²) in [6.45, 7) is -0.0944. The molecular weight excluding hydrogens is 203 g/mol.